The van der Waals surface area contributed by atoms with Crippen molar-refractivity contribution in [1.82, 2.24) is 4.98 Å². The molecule has 1 aromatic carbocycles. The number of benzene rings is 1. The highest BCUT2D eigenvalue weighted by Gasteiger charge is 2.31. The van der Waals surface area contributed by atoms with Crippen molar-refractivity contribution < 1.29 is 27.1 Å². The molecule has 0 radical (unpaired) electrons. The molecule has 0 saturated carbocycles. The lowest BCUT2D eigenvalue weighted by Crippen LogP contribution is -2.07. The minimum Gasteiger partial charge on any atom is -0.461 e. The van der Waals surface area contributed by atoms with E-state index in [1.807, 2.05) is 0 Å². The van der Waals surface area contributed by atoms with Crippen LogP contribution in [-0.4, -0.2) is 17.6 Å². The topological polar surface area (TPSA) is 52.3 Å². The molecule has 1 aromatic heterocycles. The summed E-state index contributed by atoms with van der Waals surface area (Å²) in [5.74, 6) is -0.789. The first-order valence-corrected chi connectivity index (χ1v) is 5.71. The highest BCUT2D eigenvalue weighted by atomic mass is 19.4. The normalized spacial score (nSPS) is 11.4. The summed E-state index contributed by atoms with van der Waals surface area (Å²) in [5.41, 5.74) is -0.868. The Hall–Kier alpha value is -2.31. The first kappa shape index (κ1) is 14.1. The minimum atomic E-state index is -4.47. The first-order valence-electron chi connectivity index (χ1n) is 5.71. The van der Waals surface area contributed by atoms with Gasteiger partial charge in [0.15, 0.2) is 17.8 Å². The molecule has 0 fully saturated rings. The van der Waals surface area contributed by atoms with Crippen LogP contribution in [0.3, 0.4) is 0 Å². The lowest BCUT2D eigenvalue weighted by molar-refractivity contribution is -0.137. The fraction of sp³-hybridized carbons (Fsp3) is 0.231. The lowest BCUT2D eigenvalue weighted by Gasteiger charge is -2.08. The Kier molecular flexibility index (Phi) is 3.78. The summed E-state index contributed by atoms with van der Waals surface area (Å²) < 4.78 is 47.7. The molecule has 0 saturated heterocycles. The van der Waals surface area contributed by atoms with E-state index >= 15 is 0 Å². The van der Waals surface area contributed by atoms with Crippen LogP contribution in [0.25, 0.3) is 11.3 Å². The third kappa shape index (κ3) is 2.81. The standard InChI is InChI=1S/C13H10F3NO3/c1-2-19-12(18)10-11(20-7-17-10)8-4-3-5-9(6-8)13(14,15)16/h3-7H,2H2,1H3. The van der Waals surface area contributed by atoms with Crippen molar-refractivity contribution in [3.8, 4) is 11.3 Å². The molecule has 0 aliphatic rings. The van der Waals surface area contributed by atoms with Gasteiger partial charge in [-0.25, -0.2) is 9.78 Å². The Morgan fingerprint density at radius 1 is 1.40 bits per heavy atom. The number of hydrogen-bond donors (Lipinski definition) is 0. The predicted octanol–water partition coefficient (Wildman–Crippen LogP) is 3.54. The third-order valence-electron chi connectivity index (χ3n) is 2.49. The number of alkyl halides is 3. The van der Waals surface area contributed by atoms with E-state index in [0.29, 0.717) is 0 Å². The number of nitrogens with zero attached hydrogens (tertiary/aromatic N) is 1. The van der Waals surface area contributed by atoms with Gasteiger partial charge in [-0.3, -0.25) is 0 Å². The van der Waals surface area contributed by atoms with Gasteiger partial charge in [0.25, 0.3) is 0 Å². The molecule has 1 heterocycles. The number of carbonyl (C=O) groups excluding carboxylic acids is 1. The number of esters is 1. The molecule has 0 N–H and O–H groups in total. The molecular weight excluding hydrogens is 275 g/mol. The Bertz CT molecular complexity index is 619. The second kappa shape index (κ2) is 5.36. The van der Waals surface area contributed by atoms with Gasteiger partial charge in [0, 0.05) is 5.56 Å². The maximum absolute atomic E-state index is 12.7. The van der Waals surface area contributed by atoms with Crippen LogP contribution >= 0.6 is 0 Å². The van der Waals surface area contributed by atoms with Crippen LogP contribution < -0.4 is 0 Å². The number of hydrogen-bond acceptors (Lipinski definition) is 4. The van der Waals surface area contributed by atoms with Crippen molar-refractivity contribution in [1.29, 1.82) is 0 Å². The van der Waals surface area contributed by atoms with Crippen molar-refractivity contribution in [2.45, 2.75) is 13.1 Å². The van der Waals surface area contributed by atoms with Crippen LogP contribution in [0.4, 0.5) is 13.2 Å². The fourth-order valence-corrected chi connectivity index (χ4v) is 1.63. The zero-order valence-corrected chi connectivity index (χ0v) is 10.4. The summed E-state index contributed by atoms with van der Waals surface area (Å²) in [6, 6.07) is 4.46. The van der Waals surface area contributed by atoms with E-state index < -0.39 is 17.7 Å². The van der Waals surface area contributed by atoms with Crippen molar-refractivity contribution in [2.24, 2.45) is 0 Å². The second-order valence-corrected chi connectivity index (χ2v) is 3.83. The highest BCUT2D eigenvalue weighted by Crippen LogP contribution is 2.33. The van der Waals surface area contributed by atoms with Gasteiger partial charge in [-0.1, -0.05) is 12.1 Å². The van der Waals surface area contributed by atoms with Gasteiger partial charge in [0.05, 0.1) is 12.2 Å². The van der Waals surface area contributed by atoms with E-state index in [2.05, 4.69) is 4.98 Å². The average molecular weight is 285 g/mol. The summed E-state index contributed by atoms with van der Waals surface area (Å²) in [7, 11) is 0. The molecule has 0 spiro atoms. The van der Waals surface area contributed by atoms with Crippen molar-refractivity contribution >= 4 is 5.97 Å². The first-order chi connectivity index (χ1) is 9.43. The quantitative estimate of drug-likeness (QED) is 0.809. The maximum Gasteiger partial charge on any atom is 0.416 e. The molecule has 0 aliphatic carbocycles. The monoisotopic (exact) mass is 285 g/mol. The van der Waals surface area contributed by atoms with Gasteiger partial charge >= 0.3 is 12.1 Å². The number of rotatable bonds is 3. The summed E-state index contributed by atoms with van der Waals surface area (Å²) in [5, 5.41) is 0. The Morgan fingerprint density at radius 3 is 2.80 bits per heavy atom. The average Bonchev–Trinajstić information content (AvgIpc) is 2.87. The molecule has 0 amide bonds. The Labute approximate surface area is 112 Å². The predicted molar refractivity (Wildman–Crippen MR) is 62.9 cm³/mol. The SMILES string of the molecule is CCOC(=O)c1ncoc1-c1cccc(C(F)(F)F)c1. The number of oxazole rings is 1. The molecule has 0 aliphatic heterocycles. The summed E-state index contributed by atoms with van der Waals surface area (Å²) in [4.78, 5) is 15.3. The maximum atomic E-state index is 12.7. The van der Waals surface area contributed by atoms with E-state index in [1.54, 1.807) is 6.92 Å². The molecule has 2 rings (SSSR count). The van der Waals surface area contributed by atoms with E-state index in [0.717, 1.165) is 18.5 Å². The number of carbonyl (C=O) groups is 1. The van der Waals surface area contributed by atoms with Crippen LogP contribution in [0, 0.1) is 0 Å². The highest BCUT2D eigenvalue weighted by molar-refractivity contribution is 5.93. The fourth-order valence-electron chi connectivity index (χ4n) is 1.63. The summed E-state index contributed by atoms with van der Waals surface area (Å²) in [6.07, 6.45) is -3.48. The van der Waals surface area contributed by atoms with Crippen molar-refractivity contribution in [2.75, 3.05) is 6.61 Å². The van der Waals surface area contributed by atoms with Crippen molar-refractivity contribution in [3.05, 3.63) is 41.9 Å². The zero-order chi connectivity index (χ0) is 14.8. The van der Waals surface area contributed by atoms with Crippen LogP contribution in [0.1, 0.15) is 23.0 Å². The molecule has 2 aromatic rings. The van der Waals surface area contributed by atoms with E-state index in [9.17, 15) is 18.0 Å². The minimum absolute atomic E-state index is 0.0467. The molecule has 0 bridgehead atoms. The van der Waals surface area contributed by atoms with Gasteiger partial charge in [-0.15, -0.1) is 0 Å². The van der Waals surface area contributed by atoms with E-state index in [-0.39, 0.29) is 23.6 Å². The second-order valence-electron chi connectivity index (χ2n) is 3.83. The summed E-state index contributed by atoms with van der Waals surface area (Å²) >= 11 is 0. The van der Waals surface area contributed by atoms with Gasteiger partial charge in [0.2, 0.25) is 0 Å². The van der Waals surface area contributed by atoms with Crippen LogP contribution in [0.5, 0.6) is 0 Å². The molecule has 20 heavy (non-hydrogen) atoms. The number of aromatic nitrogens is 1. The van der Waals surface area contributed by atoms with Crippen LogP contribution in [0.15, 0.2) is 35.1 Å². The third-order valence-corrected chi connectivity index (χ3v) is 2.49. The van der Waals surface area contributed by atoms with E-state index in [4.69, 9.17) is 9.15 Å². The number of ether oxygens (including phenoxy) is 1. The van der Waals surface area contributed by atoms with Gasteiger partial charge in [-0.2, -0.15) is 13.2 Å². The molecule has 4 nitrogen and oxygen atoms in total. The van der Waals surface area contributed by atoms with Crippen LogP contribution in [0.2, 0.25) is 0 Å². The molecule has 0 unspecified atom stereocenters. The molecule has 0 atom stereocenters. The van der Waals surface area contributed by atoms with Gasteiger partial charge in [0.1, 0.15) is 0 Å². The van der Waals surface area contributed by atoms with E-state index in [1.165, 1.54) is 12.1 Å². The zero-order valence-electron chi connectivity index (χ0n) is 10.4. The van der Waals surface area contributed by atoms with Crippen molar-refractivity contribution in [3.63, 3.8) is 0 Å². The van der Waals surface area contributed by atoms with Gasteiger partial charge in [-0.05, 0) is 19.1 Å². The number of halogens is 3. The van der Waals surface area contributed by atoms with Crippen LogP contribution in [-0.2, 0) is 10.9 Å². The smallest absolute Gasteiger partial charge is 0.416 e. The molecule has 106 valence electrons. The molecular formula is C13H10F3NO3. The Balaban J connectivity index is 2.43. The lowest BCUT2D eigenvalue weighted by atomic mass is 10.1. The molecule has 7 heteroatoms. The summed E-state index contributed by atoms with van der Waals surface area (Å²) in [6.45, 7) is 1.75. The van der Waals surface area contributed by atoms with Gasteiger partial charge < -0.3 is 9.15 Å². The largest absolute Gasteiger partial charge is 0.461 e. The Morgan fingerprint density at radius 2 is 2.15 bits per heavy atom.